The molecule has 2 aliphatic rings. The van der Waals surface area contributed by atoms with Crippen molar-refractivity contribution in [2.75, 3.05) is 36.2 Å². The third-order valence-electron chi connectivity index (χ3n) is 6.29. The van der Waals surface area contributed by atoms with E-state index < -0.39 is 14.6 Å². The number of morpholine rings is 1. The van der Waals surface area contributed by atoms with Gasteiger partial charge in [0.25, 0.3) is 0 Å². The van der Waals surface area contributed by atoms with Gasteiger partial charge in [0.05, 0.1) is 36.0 Å². The van der Waals surface area contributed by atoms with E-state index in [9.17, 15) is 13.2 Å². The second-order valence-corrected chi connectivity index (χ2v) is 11.1. The highest BCUT2D eigenvalue weighted by Gasteiger charge is 2.55. The minimum atomic E-state index is -3.39. The Balaban J connectivity index is 1.75. The Bertz CT molecular complexity index is 1350. The van der Waals surface area contributed by atoms with Gasteiger partial charge in [-0.05, 0) is 31.9 Å². The molecule has 0 bridgehead atoms. The van der Waals surface area contributed by atoms with Gasteiger partial charge in [0.2, 0.25) is 17.8 Å². The van der Waals surface area contributed by atoms with Crippen molar-refractivity contribution in [3.63, 3.8) is 0 Å². The van der Waals surface area contributed by atoms with Crippen molar-refractivity contribution in [1.82, 2.24) is 19.5 Å². The Kier molecular flexibility index (Phi) is 5.13. The van der Waals surface area contributed by atoms with Crippen LogP contribution < -0.4 is 10.2 Å². The molecule has 1 saturated heterocycles. The number of carbonyl (C=O) groups excluding carboxylic acids is 1. The molecule has 1 N–H and O–H groups in total. The van der Waals surface area contributed by atoms with Gasteiger partial charge in [-0.2, -0.15) is 4.98 Å². The summed E-state index contributed by atoms with van der Waals surface area (Å²) < 4.78 is 31.7. The first-order valence-corrected chi connectivity index (χ1v) is 12.8. The minimum absolute atomic E-state index is 0.0667. The number of fused-ring (bicyclic) bond motifs is 1. The Labute approximate surface area is 191 Å². The lowest BCUT2D eigenvalue weighted by molar-refractivity contribution is -0.114. The Morgan fingerprint density at radius 1 is 1.21 bits per heavy atom. The number of nitrogens with zero attached hydrogens (tertiary/aromatic N) is 5. The molecule has 5 rings (SSSR count). The summed E-state index contributed by atoms with van der Waals surface area (Å²) in [6, 6.07) is 9.28. The van der Waals surface area contributed by atoms with E-state index in [1.165, 1.54) is 13.2 Å². The lowest BCUT2D eigenvalue weighted by Crippen LogP contribution is -2.44. The average Bonchev–Trinajstić information content (AvgIpc) is 3.51. The predicted molar refractivity (Wildman–Crippen MR) is 124 cm³/mol. The first-order valence-electron chi connectivity index (χ1n) is 10.9. The van der Waals surface area contributed by atoms with Crippen LogP contribution >= 0.6 is 0 Å². The Morgan fingerprint density at radius 3 is 2.64 bits per heavy atom. The van der Waals surface area contributed by atoms with Gasteiger partial charge in [-0.1, -0.05) is 12.1 Å². The third-order valence-corrected chi connectivity index (χ3v) is 8.33. The van der Waals surface area contributed by atoms with E-state index in [0.717, 1.165) is 0 Å². The molecule has 174 valence electrons. The summed E-state index contributed by atoms with van der Waals surface area (Å²) in [4.78, 5) is 28.1. The number of nitrogens with one attached hydrogen (secondary N) is 1. The van der Waals surface area contributed by atoms with Crippen LogP contribution in [0.1, 0.15) is 32.4 Å². The zero-order chi connectivity index (χ0) is 23.4. The number of aromatic nitrogens is 4. The summed E-state index contributed by atoms with van der Waals surface area (Å²) in [6.45, 7) is 5.19. The lowest BCUT2D eigenvalue weighted by Gasteiger charge is -2.34. The van der Waals surface area contributed by atoms with Crippen molar-refractivity contribution in [2.24, 2.45) is 0 Å². The maximum Gasteiger partial charge on any atom is 0.239 e. The van der Waals surface area contributed by atoms with Crippen LogP contribution in [0.2, 0.25) is 0 Å². The number of rotatable bonds is 5. The monoisotopic (exact) mass is 470 g/mol. The van der Waals surface area contributed by atoms with Crippen molar-refractivity contribution in [1.29, 1.82) is 0 Å². The molecule has 3 heterocycles. The van der Waals surface area contributed by atoms with E-state index in [2.05, 4.69) is 15.2 Å². The summed E-state index contributed by atoms with van der Waals surface area (Å²) in [5.41, 5.74) is 1.85. The van der Waals surface area contributed by atoms with Gasteiger partial charge in [-0.25, -0.2) is 23.0 Å². The molecule has 1 aliphatic heterocycles. The van der Waals surface area contributed by atoms with Crippen molar-refractivity contribution < 1.29 is 17.9 Å². The van der Waals surface area contributed by atoms with Gasteiger partial charge in [-0.15, -0.1) is 0 Å². The van der Waals surface area contributed by atoms with Gasteiger partial charge in [0, 0.05) is 25.8 Å². The molecule has 1 amide bonds. The van der Waals surface area contributed by atoms with Crippen LogP contribution in [0.15, 0.2) is 30.3 Å². The summed E-state index contributed by atoms with van der Waals surface area (Å²) in [5.74, 6) is 0.909. The number of amides is 1. The van der Waals surface area contributed by atoms with Crippen LogP contribution in [-0.4, -0.2) is 65.9 Å². The van der Waals surface area contributed by atoms with Crippen molar-refractivity contribution in [3.8, 4) is 5.95 Å². The Morgan fingerprint density at radius 2 is 1.97 bits per heavy atom. The second-order valence-electron chi connectivity index (χ2n) is 8.74. The molecule has 0 spiro atoms. The van der Waals surface area contributed by atoms with E-state index in [-0.39, 0.29) is 23.8 Å². The number of hydrogen-bond acceptors (Lipinski definition) is 8. The number of benzene rings is 1. The fraction of sp³-hybridized carbons (Fsp3) is 0.455. The number of carbonyl (C=O) groups is 1. The SMILES string of the molecule is CC(=O)Nc1nc2ccccc2n1-c1nc(N2CCOC[C@H]2C)cc(C2(S(C)(=O)=O)CC2)n1. The van der Waals surface area contributed by atoms with E-state index in [1.807, 2.05) is 31.2 Å². The molecule has 33 heavy (non-hydrogen) atoms. The zero-order valence-electron chi connectivity index (χ0n) is 18.8. The molecule has 1 atom stereocenters. The van der Waals surface area contributed by atoms with Gasteiger partial charge >= 0.3 is 0 Å². The minimum Gasteiger partial charge on any atom is -0.377 e. The van der Waals surface area contributed by atoms with Crippen molar-refractivity contribution in [3.05, 3.63) is 36.0 Å². The van der Waals surface area contributed by atoms with Gasteiger partial charge in [0.15, 0.2) is 9.84 Å². The number of anilines is 2. The summed E-state index contributed by atoms with van der Waals surface area (Å²) in [7, 11) is -3.39. The molecular formula is C22H26N6O4S. The average molecular weight is 471 g/mol. The number of para-hydroxylation sites is 2. The summed E-state index contributed by atoms with van der Waals surface area (Å²) in [5, 5.41) is 2.75. The second kappa shape index (κ2) is 7.77. The maximum absolute atomic E-state index is 12.7. The van der Waals surface area contributed by atoms with Crippen LogP contribution in [0, 0.1) is 0 Å². The number of imidazole rings is 1. The Hall–Kier alpha value is -3.05. The van der Waals surface area contributed by atoms with Crippen LogP contribution in [0.5, 0.6) is 0 Å². The largest absolute Gasteiger partial charge is 0.377 e. The fourth-order valence-corrected chi connectivity index (χ4v) is 5.70. The summed E-state index contributed by atoms with van der Waals surface area (Å²) >= 11 is 0. The predicted octanol–water partition coefficient (Wildman–Crippen LogP) is 2.03. The molecule has 1 aromatic carbocycles. The third kappa shape index (κ3) is 3.74. The number of hydrogen-bond donors (Lipinski definition) is 1. The van der Waals surface area contributed by atoms with Crippen molar-refractivity contribution >= 4 is 38.5 Å². The zero-order valence-corrected chi connectivity index (χ0v) is 19.6. The highest BCUT2D eigenvalue weighted by Crippen LogP contribution is 2.52. The normalized spacial score (nSPS) is 20.1. The molecule has 2 fully saturated rings. The smallest absolute Gasteiger partial charge is 0.239 e. The fourth-order valence-electron chi connectivity index (χ4n) is 4.37. The lowest BCUT2D eigenvalue weighted by atomic mass is 10.2. The first kappa shape index (κ1) is 21.8. The van der Waals surface area contributed by atoms with Gasteiger partial charge in [0.1, 0.15) is 10.6 Å². The number of sulfone groups is 1. The molecule has 3 aromatic rings. The highest BCUT2D eigenvalue weighted by atomic mass is 32.2. The first-order chi connectivity index (χ1) is 15.7. The molecule has 11 heteroatoms. The van der Waals surface area contributed by atoms with E-state index in [4.69, 9.17) is 14.7 Å². The van der Waals surface area contributed by atoms with Crippen LogP contribution in [0.25, 0.3) is 17.0 Å². The molecule has 1 saturated carbocycles. The quantitative estimate of drug-likeness (QED) is 0.602. The summed E-state index contributed by atoms with van der Waals surface area (Å²) in [6.07, 6.45) is 2.29. The van der Waals surface area contributed by atoms with Crippen molar-refractivity contribution in [2.45, 2.75) is 37.5 Å². The maximum atomic E-state index is 12.7. The topological polar surface area (TPSA) is 119 Å². The highest BCUT2D eigenvalue weighted by molar-refractivity contribution is 7.91. The molecule has 2 aromatic heterocycles. The van der Waals surface area contributed by atoms with E-state index in [0.29, 0.717) is 55.1 Å². The van der Waals surface area contributed by atoms with E-state index in [1.54, 1.807) is 10.6 Å². The van der Waals surface area contributed by atoms with Gasteiger partial charge < -0.3 is 9.64 Å². The van der Waals surface area contributed by atoms with E-state index >= 15 is 0 Å². The molecule has 1 aliphatic carbocycles. The molecular weight excluding hydrogens is 444 g/mol. The number of ether oxygens (including phenoxy) is 1. The van der Waals surface area contributed by atoms with Crippen LogP contribution in [-0.2, 0) is 24.1 Å². The molecule has 10 nitrogen and oxygen atoms in total. The molecule has 0 radical (unpaired) electrons. The van der Waals surface area contributed by atoms with Gasteiger partial charge in [-0.3, -0.25) is 10.1 Å². The standard InChI is InChI=1S/C22H26N6O4S/c1-14-13-32-11-10-27(14)19-12-18(22(8-9-22)33(3,30)31)25-21(26-19)28-17-7-5-4-6-16(17)24-20(28)23-15(2)29/h4-7,12,14H,8-11,13H2,1-3H3,(H,23,24,29)/t14-/m1/s1. The van der Waals surface area contributed by atoms with Crippen LogP contribution in [0.3, 0.4) is 0 Å². The molecule has 0 unspecified atom stereocenters. The van der Waals surface area contributed by atoms with Crippen LogP contribution in [0.4, 0.5) is 11.8 Å².